The first-order valence-electron chi connectivity index (χ1n) is 4.77. The van der Waals surface area contributed by atoms with Crippen LogP contribution in [-0.2, 0) is 4.74 Å². The highest BCUT2D eigenvalue weighted by molar-refractivity contribution is 7.03. The Morgan fingerprint density at radius 2 is 2.08 bits per heavy atom. The molecule has 1 aliphatic rings. The smallest absolute Gasteiger partial charge is 0.271 e. The molecule has 0 spiro atoms. The van der Waals surface area contributed by atoms with Crippen LogP contribution in [0.5, 0.6) is 0 Å². The molecule has 1 saturated carbocycles. The molecule has 0 unspecified atom stereocenters. The SMILES string of the molecule is CC[Si](C)(C)C(=O)OC1CCC1. The molecule has 12 heavy (non-hydrogen) atoms. The average Bonchev–Trinajstić information content (AvgIpc) is 1.96. The highest BCUT2D eigenvalue weighted by Gasteiger charge is 2.33. The molecule has 0 N–H and O–H groups in total. The normalized spacial score (nSPS) is 18.6. The summed E-state index contributed by atoms with van der Waals surface area (Å²) in [6, 6.07) is 0.985. The van der Waals surface area contributed by atoms with Crippen LogP contribution in [0.15, 0.2) is 0 Å². The van der Waals surface area contributed by atoms with Gasteiger partial charge in [0.15, 0.2) is 8.07 Å². The fourth-order valence-electron chi connectivity index (χ4n) is 0.944. The van der Waals surface area contributed by atoms with E-state index in [0.717, 1.165) is 18.9 Å². The third kappa shape index (κ3) is 2.09. The maximum atomic E-state index is 11.5. The summed E-state index contributed by atoms with van der Waals surface area (Å²) in [6.45, 7) is 6.23. The Hall–Kier alpha value is -0.313. The third-order valence-corrected chi connectivity index (χ3v) is 5.75. The van der Waals surface area contributed by atoms with E-state index in [-0.39, 0.29) is 11.7 Å². The first-order chi connectivity index (χ1) is 5.56. The molecule has 0 saturated heterocycles. The van der Waals surface area contributed by atoms with Crippen molar-refractivity contribution in [2.75, 3.05) is 0 Å². The topological polar surface area (TPSA) is 26.3 Å². The van der Waals surface area contributed by atoms with Crippen LogP contribution in [0.1, 0.15) is 26.2 Å². The van der Waals surface area contributed by atoms with Crippen molar-refractivity contribution in [1.29, 1.82) is 0 Å². The van der Waals surface area contributed by atoms with Crippen molar-refractivity contribution in [3.05, 3.63) is 0 Å². The van der Waals surface area contributed by atoms with Crippen LogP contribution in [0.4, 0.5) is 4.79 Å². The van der Waals surface area contributed by atoms with Crippen molar-refractivity contribution in [2.24, 2.45) is 0 Å². The van der Waals surface area contributed by atoms with Crippen molar-refractivity contribution in [2.45, 2.75) is 51.4 Å². The Bertz CT molecular complexity index is 173. The van der Waals surface area contributed by atoms with Gasteiger partial charge in [-0.1, -0.05) is 26.1 Å². The van der Waals surface area contributed by atoms with Crippen molar-refractivity contribution in [3.63, 3.8) is 0 Å². The minimum absolute atomic E-state index is 0.106. The van der Waals surface area contributed by atoms with Crippen LogP contribution >= 0.6 is 0 Å². The Balaban J connectivity index is 2.35. The van der Waals surface area contributed by atoms with E-state index in [4.69, 9.17) is 4.74 Å². The van der Waals surface area contributed by atoms with E-state index in [9.17, 15) is 4.79 Å². The molecule has 1 aliphatic carbocycles. The fraction of sp³-hybridized carbons (Fsp3) is 0.889. The van der Waals surface area contributed by atoms with Gasteiger partial charge in [-0.3, -0.25) is 4.79 Å². The molecule has 1 rings (SSSR count). The van der Waals surface area contributed by atoms with Gasteiger partial charge >= 0.3 is 0 Å². The molecule has 0 bridgehead atoms. The van der Waals surface area contributed by atoms with E-state index in [2.05, 4.69) is 20.0 Å². The summed E-state index contributed by atoms with van der Waals surface area (Å²) in [5, 5.41) is 0. The van der Waals surface area contributed by atoms with Gasteiger partial charge < -0.3 is 4.74 Å². The maximum Gasteiger partial charge on any atom is 0.271 e. The summed E-state index contributed by atoms with van der Waals surface area (Å²) in [5.74, 6) is 0. The number of ether oxygens (including phenoxy) is 1. The first kappa shape index (κ1) is 9.77. The molecule has 0 aromatic carbocycles. The zero-order valence-corrected chi connectivity index (χ0v) is 9.22. The summed E-state index contributed by atoms with van der Waals surface area (Å²) in [7, 11) is -1.69. The molecule has 1 fully saturated rings. The predicted molar refractivity (Wildman–Crippen MR) is 52.1 cm³/mol. The van der Waals surface area contributed by atoms with Crippen molar-refractivity contribution >= 4 is 13.7 Å². The molecule has 3 heteroatoms. The Morgan fingerprint density at radius 1 is 1.50 bits per heavy atom. The molecule has 0 aromatic heterocycles. The summed E-state index contributed by atoms with van der Waals surface area (Å²) >= 11 is 0. The summed E-state index contributed by atoms with van der Waals surface area (Å²) < 4.78 is 5.36. The van der Waals surface area contributed by atoms with E-state index in [1.807, 2.05) is 0 Å². The van der Waals surface area contributed by atoms with Crippen LogP contribution in [0.3, 0.4) is 0 Å². The largest absolute Gasteiger partial charge is 0.467 e. The Kier molecular flexibility index (Phi) is 2.93. The lowest BCUT2D eigenvalue weighted by molar-refractivity contribution is 0.0684. The fourth-order valence-corrected chi connectivity index (χ4v) is 1.72. The van der Waals surface area contributed by atoms with Gasteiger partial charge in [-0.2, -0.15) is 0 Å². The van der Waals surface area contributed by atoms with E-state index in [1.54, 1.807) is 0 Å². The van der Waals surface area contributed by atoms with Crippen LogP contribution < -0.4 is 0 Å². The number of hydrogen-bond donors (Lipinski definition) is 0. The zero-order chi connectivity index (χ0) is 9.19. The molecule has 0 heterocycles. The van der Waals surface area contributed by atoms with Gasteiger partial charge in [0.25, 0.3) is 5.59 Å². The number of hydrogen-bond acceptors (Lipinski definition) is 2. The van der Waals surface area contributed by atoms with E-state index >= 15 is 0 Å². The highest BCUT2D eigenvalue weighted by atomic mass is 28.3. The van der Waals surface area contributed by atoms with Crippen LogP contribution in [-0.4, -0.2) is 19.8 Å². The molecule has 0 atom stereocenters. The quantitative estimate of drug-likeness (QED) is 0.633. The van der Waals surface area contributed by atoms with Gasteiger partial charge in [-0.05, 0) is 19.3 Å². The minimum atomic E-state index is -1.69. The monoisotopic (exact) mass is 186 g/mol. The second-order valence-corrected chi connectivity index (χ2v) is 9.08. The van der Waals surface area contributed by atoms with E-state index < -0.39 is 8.07 Å². The van der Waals surface area contributed by atoms with Gasteiger partial charge in [0, 0.05) is 0 Å². The lowest BCUT2D eigenvalue weighted by atomic mass is 9.96. The lowest BCUT2D eigenvalue weighted by Gasteiger charge is -2.29. The average molecular weight is 186 g/mol. The predicted octanol–water partition coefficient (Wildman–Crippen LogP) is 2.99. The van der Waals surface area contributed by atoms with Gasteiger partial charge in [-0.15, -0.1) is 0 Å². The van der Waals surface area contributed by atoms with Gasteiger partial charge in [0.1, 0.15) is 6.10 Å². The summed E-state index contributed by atoms with van der Waals surface area (Å²) in [6.07, 6.45) is 3.65. The first-order valence-corrected chi connectivity index (χ1v) is 7.98. The maximum absolute atomic E-state index is 11.5. The highest BCUT2D eigenvalue weighted by Crippen LogP contribution is 2.24. The third-order valence-electron chi connectivity index (χ3n) is 2.76. The molecule has 0 aromatic rings. The number of carbonyl (C=O) groups excluding carboxylic acids is 1. The molecule has 0 amide bonds. The van der Waals surface area contributed by atoms with Gasteiger partial charge in [-0.25, -0.2) is 0 Å². The second kappa shape index (κ2) is 3.60. The van der Waals surface area contributed by atoms with Crippen LogP contribution in [0, 0.1) is 0 Å². The van der Waals surface area contributed by atoms with E-state index in [1.165, 1.54) is 6.42 Å². The Labute approximate surface area is 75.3 Å². The molecule has 70 valence electrons. The second-order valence-electron chi connectivity index (χ2n) is 4.20. The van der Waals surface area contributed by atoms with Crippen LogP contribution in [0.25, 0.3) is 0 Å². The zero-order valence-electron chi connectivity index (χ0n) is 8.22. The van der Waals surface area contributed by atoms with Crippen LogP contribution in [0.2, 0.25) is 19.1 Å². The van der Waals surface area contributed by atoms with Crippen molar-refractivity contribution < 1.29 is 9.53 Å². The lowest BCUT2D eigenvalue weighted by Crippen LogP contribution is -2.40. The molecular weight excluding hydrogens is 168 g/mol. The number of carbonyl (C=O) groups is 1. The van der Waals surface area contributed by atoms with E-state index in [0.29, 0.717) is 0 Å². The molecule has 2 nitrogen and oxygen atoms in total. The molecular formula is C9H18O2Si. The summed E-state index contributed by atoms with van der Waals surface area (Å²) in [4.78, 5) is 11.5. The number of rotatable bonds is 3. The standard InChI is InChI=1S/C9H18O2Si/c1-4-12(2,3)9(10)11-8-6-5-7-8/h8H,4-7H2,1-3H3. The summed E-state index contributed by atoms with van der Waals surface area (Å²) in [5.41, 5.74) is 0.106. The van der Waals surface area contributed by atoms with Crippen molar-refractivity contribution in [1.82, 2.24) is 0 Å². The minimum Gasteiger partial charge on any atom is -0.467 e. The molecule has 0 radical (unpaired) electrons. The van der Waals surface area contributed by atoms with Gasteiger partial charge in [0.2, 0.25) is 0 Å². The van der Waals surface area contributed by atoms with Gasteiger partial charge in [0.05, 0.1) is 0 Å². The Morgan fingerprint density at radius 3 is 2.42 bits per heavy atom. The van der Waals surface area contributed by atoms with Crippen molar-refractivity contribution in [3.8, 4) is 0 Å². The molecule has 0 aliphatic heterocycles.